The molecule has 2 rings (SSSR count). The van der Waals surface area contributed by atoms with E-state index in [9.17, 15) is 4.79 Å². The number of carbonyl (C=O) groups excluding carboxylic acids is 1. The number of hydrogen-bond acceptors (Lipinski definition) is 2. The smallest absolute Gasteiger partial charge is 0.262 e. The van der Waals surface area contributed by atoms with Crippen LogP contribution in [0.2, 0.25) is 0 Å². The Morgan fingerprint density at radius 3 is 2.31 bits per heavy atom. The Balaban J connectivity index is 2.47. The number of carbonyl (C=O) groups is 1. The van der Waals surface area contributed by atoms with Crippen LogP contribution in [0.3, 0.4) is 0 Å². The minimum atomic E-state index is -0.383. The Bertz CT molecular complexity index is 525. The molecule has 0 aliphatic heterocycles. The van der Waals surface area contributed by atoms with Gasteiger partial charge in [0.2, 0.25) is 0 Å². The molecular weight excluding hydrogens is 240 g/mol. The summed E-state index contributed by atoms with van der Waals surface area (Å²) in [6.07, 6.45) is 0. The molecule has 0 N–H and O–H groups in total. The lowest BCUT2D eigenvalue weighted by Crippen LogP contribution is -1.79. The second-order valence-corrected chi connectivity index (χ2v) is 5.16. The SMILES string of the molecule is Cc1ccc(-c2sc(C(=O)Cl)cc2C)cc1. The summed E-state index contributed by atoms with van der Waals surface area (Å²) in [5, 5.41) is -0.383. The van der Waals surface area contributed by atoms with E-state index in [2.05, 4.69) is 31.2 Å². The van der Waals surface area contributed by atoms with Gasteiger partial charge in [-0.25, -0.2) is 0 Å². The zero-order valence-electron chi connectivity index (χ0n) is 9.08. The van der Waals surface area contributed by atoms with Gasteiger partial charge in [0.05, 0.1) is 4.88 Å². The molecular formula is C13H11ClOS. The summed E-state index contributed by atoms with van der Waals surface area (Å²) in [6, 6.07) is 10.1. The van der Waals surface area contributed by atoms with Crippen LogP contribution >= 0.6 is 22.9 Å². The molecule has 0 aliphatic carbocycles. The van der Waals surface area contributed by atoms with E-state index in [1.54, 1.807) is 0 Å². The maximum absolute atomic E-state index is 11.1. The molecule has 1 aromatic carbocycles. The van der Waals surface area contributed by atoms with Gasteiger partial charge in [-0.05, 0) is 42.6 Å². The summed E-state index contributed by atoms with van der Waals surface area (Å²) >= 11 is 6.92. The van der Waals surface area contributed by atoms with E-state index >= 15 is 0 Å². The molecule has 1 aromatic heterocycles. The minimum Gasteiger partial charge on any atom is -0.275 e. The van der Waals surface area contributed by atoms with Crippen molar-refractivity contribution in [2.75, 3.05) is 0 Å². The summed E-state index contributed by atoms with van der Waals surface area (Å²) in [6.45, 7) is 4.05. The fourth-order valence-corrected chi connectivity index (χ4v) is 2.75. The number of thiophene rings is 1. The fraction of sp³-hybridized carbons (Fsp3) is 0.154. The number of hydrogen-bond donors (Lipinski definition) is 0. The number of halogens is 1. The number of benzene rings is 1. The topological polar surface area (TPSA) is 17.1 Å². The van der Waals surface area contributed by atoms with Gasteiger partial charge in [-0.3, -0.25) is 4.79 Å². The van der Waals surface area contributed by atoms with Crippen LogP contribution in [0, 0.1) is 13.8 Å². The molecule has 0 unspecified atom stereocenters. The van der Waals surface area contributed by atoms with Crippen LogP contribution < -0.4 is 0 Å². The van der Waals surface area contributed by atoms with E-state index in [0.717, 1.165) is 16.0 Å². The lowest BCUT2D eigenvalue weighted by molar-refractivity contribution is 0.108. The van der Waals surface area contributed by atoms with Crippen LogP contribution in [-0.2, 0) is 0 Å². The monoisotopic (exact) mass is 250 g/mol. The highest BCUT2D eigenvalue weighted by Crippen LogP contribution is 2.33. The van der Waals surface area contributed by atoms with Crippen molar-refractivity contribution >= 4 is 28.2 Å². The first-order valence-electron chi connectivity index (χ1n) is 4.95. The van der Waals surface area contributed by atoms with E-state index in [1.165, 1.54) is 16.9 Å². The summed E-state index contributed by atoms with van der Waals surface area (Å²) in [4.78, 5) is 12.8. The zero-order valence-corrected chi connectivity index (χ0v) is 10.7. The van der Waals surface area contributed by atoms with Crippen molar-refractivity contribution < 1.29 is 4.79 Å². The average Bonchev–Trinajstić information content (AvgIpc) is 2.62. The zero-order chi connectivity index (χ0) is 11.7. The number of aryl methyl sites for hydroxylation is 2. The van der Waals surface area contributed by atoms with E-state index < -0.39 is 0 Å². The van der Waals surface area contributed by atoms with Gasteiger partial charge in [0.25, 0.3) is 5.24 Å². The van der Waals surface area contributed by atoms with Gasteiger partial charge in [-0.2, -0.15) is 0 Å². The lowest BCUT2D eigenvalue weighted by Gasteiger charge is -1.99. The Morgan fingerprint density at radius 2 is 1.81 bits per heavy atom. The van der Waals surface area contributed by atoms with Crippen molar-refractivity contribution in [1.82, 2.24) is 0 Å². The molecule has 0 bridgehead atoms. The van der Waals surface area contributed by atoms with Crippen molar-refractivity contribution in [1.29, 1.82) is 0 Å². The van der Waals surface area contributed by atoms with Crippen LogP contribution in [0.25, 0.3) is 10.4 Å². The van der Waals surface area contributed by atoms with Gasteiger partial charge >= 0.3 is 0 Å². The van der Waals surface area contributed by atoms with Gasteiger partial charge in [-0.1, -0.05) is 29.8 Å². The van der Waals surface area contributed by atoms with E-state index in [1.807, 2.05) is 13.0 Å². The quantitative estimate of drug-likeness (QED) is 0.722. The summed E-state index contributed by atoms with van der Waals surface area (Å²) in [5.74, 6) is 0. The first-order valence-corrected chi connectivity index (χ1v) is 6.14. The van der Waals surface area contributed by atoms with Gasteiger partial charge < -0.3 is 0 Å². The van der Waals surface area contributed by atoms with Crippen molar-refractivity contribution in [3.63, 3.8) is 0 Å². The molecule has 0 aliphatic rings. The van der Waals surface area contributed by atoms with E-state index in [0.29, 0.717) is 4.88 Å². The molecule has 16 heavy (non-hydrogen) atoms. The second-order valence-electron chi connectivity index (χ2n) is 3.76. The molecule has 0 saturated carbocycles. The van der Waals surface area contributed by atoms with Gasteiger partial charge in [-0.15, -0.1) is 11.3 Å². The molecule has 0 radical (unpaired) electrons. The Hall–Kier alpha value is -1.12. The van der Waals surface area contributed by atoms with Crippen molar-refractivity contribution in [3.8, 4) is 10.4 Å². The predicted octanol–water partition coefficient (Wildman–Crippen LogP) is 4.41. The van der Waals surface area contributed by atoms with Crippen LogP contribution in [0.4, 0.5) is 0 Å². The standard InChI is InChI=1S/C13H11ClOS/c1-8-3-5-10(6-4-8)12-9(2)7-11(16-12)13(14)15/h3-7H,1-2H3. The van der Waals surface area contributed by atoms with Crippen LogP contribution in [0.1, 0.15) is 20.8 Å². The highest BCUT2D eigenvalue weighted by Gasteiger charge is 2.11. The molecule has 0 amide bonds. The molecule has 0 spiro atoms. The van der Waals surface area contributed by atoms with Crippen LogP contribution in [0.15, 0.2) is 30.3 Å². The highest BCUT2D eigenvalue weighted by molar-refractivity contribution is 7.19. The molecule has 0 atom stereocenters. The lowest BCUT2D eigenvalue weighted by atomic mass is 10.1. The second kappa shape index (κ2) is 4.40. The van der Waals surface area contributed by atoms with E-state index in [4.69, 9.17) is 11.6 Å². The molecule has 82 valence electrons. The molecule has 1 heterocycles. The fourth-order valence-electron chi connectivity index (χ4n) is 1.57. The molecule has 2 aromatic rings. The van der Waals surface area contributed by atoms with Crippen molar-refractivity contribution in [2.24, 2.45) is 0 Å². The van der Waals surface area contributed by atoms with Crippen LogP contribution in [0.5, 0.6) is 0 Å². The molecule has 0 saturated heterocycles. The van der Waals surface area contributed by atoms with E-state index in [-0.39, 0.29) is 5.24 Å². The summed E-state index contributed by atoms with van der Waals surface area (Å²) in [7, 11) is 0. The first-order chi connectivity index (χ1) is 7.58. The molecule has 3 heteroatoms. The van der Waals surface area contributed by atoms with Crippen molar-refractivity contribution in [3.05, 3.63) is 46.3 Å². The molecule has 1 nitrogen and oxygen atoms in total. The Labute approximate surface area is 104 Å². The summed E-state index contributed by atoms with van der Waals surface area (Å²) < 4.78 is 0. The Kier molecular flexibility index (Phi) is 3.13. The highest BCUT2D eigenvalue weighted by atomic mass is 35.5. The molecule has 0 fully saturated rings. The third-order valence-corrected chi connectivity index (χ3v) is 4.03. The Morgan fingerprint density at radius 1 is 1.19 bits per heavy atom. The minimum absolute atomic E-state index is 0.383. The third kappa shape index (κ3) is 2.18. The third-order valence-electron chi connectivity index (χ3n) is 2.43. The summed E-state index contributed by atoms with van der Waals surface area (Å²) in [5.41, 5.74) is 3.46. The normalized spacial score (nSPS) is 10.4. The van der Waals surface area contributed by atoms with Crippen molar-refractivity contribution in [2.45, 2.75) is 13.8 Å². The maximum atomic E-state index is 11.1. The van der Waals surface area contributed by atoms with Gasteiger partial charge in [0.1, 0.15) is 0 Å². The first kappa shape index (κ1) is 11.4. The largest absolute Gasteiger partial charge is 0.275 e. The number of rotatable bonds is 2. The van der Waals surface area contributed by atoms with Gasteiger partial charge in [0, 0.05) is 4.88 Å². The maximum Gasteiger partial charge on any atom is 0.262 e. The van der Waals surface area contributed by atoms with Crippen LogP contribution in [-0.4, -0.2) is 5.24 Å². The van der Waals surface area contributed by atoms with Gasteiger partial charge in [0.15, 0.2) is 0 Å². The predicted molar refractivity (Wildman–Crippen MR) is 69.4 cm³/mol. The average molecular weight is 251 g/mol.